The Hall–Kier alpha value is -1.42. The van der Waals surface area contributed by atoms with Gasteiger partial charge in [0.1, 0.15) is 5.75 Å². The smallest absolute Gasteiger partial charge is 0.164 e. The molecule has 0 fully saturated rings. The average molecular weight is 267 g/mol. The Labute approximate surface area is 116 Å². The van der Waals surface area contributed by atoms with Crippen molar-refractivity contribution in [2.75, 3.05) is 27.9 Å². The molecular weight excluding hydrogens is 242 g/mol. The van der Waals surface area contributed by atoms with Crippen molar-refractivity contribution < 1.29 is 14.2 Å². The van der Waals surface area contributed by atoms with Crippen LogP contribution < -0.4 is 19.5 Å². The number of benzene rings is 1. The molecule has 1 N–H and O–H groups in total. The lowest BCUT2D eigenvalue weighted by Gasteiger charge is -2.22. The molecule has 0 radical (unpaired) electrons. The molecule has 0 aliphatic carbocycles. The molecule has 0 aliphatic rings. The third-order valence-electron chi connectivity index (χ3n) is 3.14. The Morgan fingerprint density at radius 3 is 2.00 bits per heavy atom. The van der Waals surface area contributed by atoms with Crippen LogP contribution in [0.25, 0.3) is 0 Å². The van der Waals surface area contributed by atoms with E-state index >= 15 is 0 Å². The first-order chi connectivity index (χ1) is 9.21. The standard InChI is InChI=1S/C15H25NO3/c1-6-8-12(16-7-2)11-9-14(18-4)15(19-5)10-13(11)17-3/h9-10,12,16H,6-8H2,1-5H3. The second kappa shape index (κ2) is 7.89. The molecule has 0 bridgehead atoms. The lowest BCUT2D eigenvalue weighted by Crippen LogP contribution is -2.21. The van der Waals surface area contributed by atoms with Crippen molar-refractivity contribution in [2.45, 2.75) is 32.7 Å². The highest BCUT2D eigenvalue weighted by Crippen LogP contribution is 2.38. The first kappa shape index (κ1) is 15.6. The van der Waals surface area contributed by atoms with E-state index in [4.69, 9.17) is 14.2 Å². The Morgan fingerprint density at radius 1 is 0.947 bits per heavy atom. The lowest BCUT2D eigenvalue weighted by molar-refractivity contribution is 0.344. The summed E-state index contributed by atoms with van der Waals surface area (Å²) in [6, 6.07) is 4.15. The van der Waals surface area contributed by atoms with Crippen LogP contribution in [-0.2, 0) is 0 Å². The fourth-order valence-electron chi connectivity index (χ4n) is 2.23. The summed E-state index contributed by atoms with van der Waals surface area (Å²) in [7, 11) is 4.96. The average Bonchev–Trinajstić information content (AvgIpc) is 2.45. The van der Waals surface area contributed by atoms with Crippen LogP contribution in [0.15, 0.2) is 12.1 Å². The minimum atomic E-state index is 0.268. The van der Waals surface area contributed by atoms with Gasteiger partial charge in [-0.25, -0.2) is 0 Å². The van der Waals surface area contributed by atoms with Gasteiger partial charge in [-0.05, 0) is 19.0 Å². The highest BCUT2D eigenvalue weighted by Gasteiger charge is 2.18. The topological polar surface area (TPSA) is 39.7 Å². The molecule has 0 amide bonds. The summed E-state index contributed by atoms with van der Waals surface area (Å²) in [4.78, 5) is 0. The molecule has 4 nitrogen and oxygen atoms in total. The zero-order valence-electron chi connectivity index (χ0n) is 12.6. The van der Waals surface area contributed by atoms with Crippen LogP contribution in [0.2, 0.25) is 0 Å². The first-order valence-electron chi connectivity index (χ1n) is 6.75. The minimum absolute atomic E-state index is 0.268. The van der Waals surface area contributed by atoms with E-state index in [-0.39, 0.29) is 6.04 Å². The number of ether oxygens (including phenoxy) is 3. The number of nitrogens with one attached hydrogen (secondary N) is 1. The SMILES string of the molecule is CCCC(NCC)c1cc(OC)c(OC)cc1OC. The van der Waals surface area contributed by atoms with Crippen LogP contribution in [-0.4, -0.2) is 27.9 Å². The molecule has 0 spiro atoms. The van der Waals surface area contributed by atoms with Gasteiger partial charge < -0.3 is 19.5 Å². The second-order valence-electron chi connectivity index (χ2n) is 4.35. The molecule has 1 unspecified atom stereocenters. The van der Waals surface area contributed by atoms with Gasteiger partial charge >= 0.3 is 0 Å². The molecule has 108 valence electrons. The highest BCUT2D eigenvalue weighted by molar-refractivity contribution is 5.51. The normalized spacial score (nSPS) is 12.1. The van der Waals surface area contributed by atoms with Crippen molar-refractivity contribution in [1.29, 1.82) is 0 Å². The molecule has 0 saturated heterocycles. The fraction of sp³-hybridized carbons (Fsp3) is 0.600. The third-order valence-corrected chi connectivity index (χ3v) is 3.14. The van der Waals surface area contributed by atoms with E-state index in [0.717, 1.165) is 36.4 Å². The van der Waals surface area contributed by atoms with Crippen LogP contribution in [0.4, 0.5) is 0 Å². The highest BCUT2D eigenvalue weighted by atomic mass is 16.5. The van der Waals surface area contributed by atoms with Crippen molar-refractivity contribution >= 4 is 0 Å². The van der Waals surface area contributed by atoms with Crippen LogP contribution in [0.5, 0.6) is 17.2 Å². The van der Waals surface area contributed by atoms with E-state index in [1.807, 2.05) is 12.1 Å². The Balaban J connectivity index is 3.21. The number of hydrogen-bond donors (Lipinski definition) is 1. The van der Waals surface area contributed by atoms with Gasteiger partial charge in [0.2, 0.25) is 0 Å². The summed E-state index contributed by atoms with van der Waals surface area (Å²) in [5.41, 5.74) is 1.11. The maximum atomic E-state index is 5.49. The molecule has 0 aromatic heterocycles. The Kier molecular flexibility index (Phi) is 6.50. The summed E-state index contributed by atoms with van der Waals surface area (Å²) < 4.78 is 16.2. The van der Waals surface area contributed by atoms with E-state index in [1.165, 1.54) is 0 Å². The minimum Gasteiger partial charge on any atom is -0.496 e. The largest absolute Gasteiger partial charge is 0.496 e. The van der Waals surface area contributed by atoms with Crippen molar-refractivity contribution in [1.82, 2.24) is 5.32 Å². The van der Waals surface area contributed by atoms with Gasteiger partial charge in [-0.2, -0.15) is 0 Å². The maximum Gasteiger partial charge on any atom is 0.164 e. The zero-order valence-corrected chi connectivity index (χ0v) is 12.6. The molecule has 4 heteroatoms. The van der Waals surface area contributed by atoms with Gasteiger partial charge in [-0.15, -0.1) is 0 Å². The zero-order chi connectivity index (χ0) is 14.3. The third kappa shape index (κ3) is 3.77. The predicted octanol–water partition coefficient (Wildman–Crippen LogP) is 3.16. The molecule has 0 aliphatic heterocycles. The molecule has 1 aromatic rings. The van der Waals surface area contributed by atoms with Crippen LogP contribution in [0.3, 0.4) is 0 Å². The lowest BCUT2D eigenvalue weighted by atomic mass is 10.0. The van der Waals surface area contributed by atoms with Gasteiger partial charge in [-0.1, -0.05) is 20.3 Å². The van der Waals surface area contributed by atoms with E-state index in [0.29, 0.717) is 5.75 Å². The van der Waals surface area contributed by atoms with Crippen LogP contribution in [0, 0.1) is 0 Å². The van der Waals surface area contributed by atoms with E-state index in [2.05, 4.69) is 19.2 Å². The number of hydrogen-bond acceptors (Lipinski definition) is 4. The molecule has 1 atom stereocenters. The number of rotatable bonds is 8. The maximum absolute atomic E-state index is 5.49. The molecule has 1 rings (SSSR count). The molecule has 0 saturated carbocycles. The quantitative estimate of drug-likeness (QED) is 0.785. The van der Waals surface area contributed by atoms with Crippen molar-refractivity contribution in [3.63, 3.8) is 0 Å². The monoisotopic (exact) mass is 267 g/mol. The summed E-state index contributed by atoms with van der Waals surface area (Å²) in [5.74, 6) is 2.25. The summed E-state index contributed by atoms with van der Waals surface area (Å²) in [6.07, 6.45) is 2.16. The second-order valence-corrected chi connectivity index (χ2v) is 4.35. The van der Waals surface area contributed by atoms with Crippen molar-refractivity contribution in [3.8, 4) is 17.2 Å². The van der Waals surface area contributed by atoms with Gasteiger partial charge in [-0.3, -0.25) is 0 Å². The Bertz CT molecular complexity index is 387. The van der Waals surface area contributed by atoms with Crippen LogP contribution >= 0.6 is 0 Å². The summed E-state index contributed by atoms with van der Waals surface area (Å²) in [6.45, 7) is 5.20. The molecule has 0 heterocycles. The first-order valence-corrected chi connectivity index (χ1v) is 6.75. The van der Waals surface area contributed by atoms with Gasteiger partial charge in [0.25, 0.3) is 0 Å². The number of methoxy groups -OCH3 is 3. The van der Waals surface area contributed by atoms with E-state index in [1.54, 1.807) is 21.3 Å². The Morgan fingerprint density at radius 2 is 1.53 bits per heavy atom. The van der Waals surface area contributed by atoms with E-state index in [9.17, 15) is 0 Å². The fourth-order valence-corrected chi connectivity index (χ4v) is 2.23. The van der Waals surface area contributed by atoms with Gasteiger partial charge in [0.05, 0.1) is 21.3 Å². The van der Waals surface area contributed by atoms with Gasteiger partial charge in [0.15, 0.2) is 11.5 Å². The van der Waals surface area contributed by atoms with Gasteiger partial charge in [0, 0.05) is 17.7 Å². The van der Waals surface area contributed by atoms with Crippen molar-refractivity contribution in [3.05, 3.63) is 17.7 Å². The summed E-state index contributed by atoms with van der Waals surface area (Å²) in [5, 5.41) is 3.49. The molecule has 1 aromatic carbocycles. The molecule has 19 heavy (non-hydrogen) atoms. The van der Waals surface area contributed by atoms with E-state index < -0.39 is 0 Å². The van der Waals surface area contributed by atoms with Crippen molar-refractivity contribution in [2.24, 2.45) is 0 Å². The van der Waals surface area contributed by atoms with Crippen LogP contribution in [0.1, 0.15) is 38.3 Å². The predicted molar refractivity (Wildman–Crippen MR) is 77.4 cm³/mol. The summed E-state index contributed by atoms with van der Waals surface area (Å²) >= 11 is 0. The molecular formula is C15H25NO3.